The monoisotopic (exact) mass is 360 g/mol. The minimum Gasteiger partial charge on any atom is -0.507 e. The van der Waals surface area contributed by atoms with Crippen LogP contribution in [0.2, 0.25) is 0 Å². The van der Waals surface area contributed by atoms with E-state index in [0.717, 1.165) is 16.3 Å². The van der Waals surface area contributed by atoms with E-state index in [2.05, 4.69) is 0 Å². The van der Waals surface area contributed by atoms with Crippen LogP contribution in [0, 0.1) is 6.92 Å². The highest BCUT2D eigenvalue weighted by Crippen LogP contribution is 2.48. The maximum absolute atomic E-state index is 11.0. The molecule has 2 N–H and O–H groups in total. The molecule has 0 aliphatic rings. The van der Waals surface area contributed by atoms with Crippen molar-refractivity contribution in [2.75, 3.05) is 14.2 Å². The molecule has 0 fully saturated rings. The summed E-state index contributed by atoms with van der Waals surface area (Å²) in [7, 11) is 3.19. The van der Waals surface area contributed by atoms with E-state index in [4.69, 9.17) is 9.47 Å². The van der Waals surface area contributed by atoms with Crippen molar-refractivity contribution in [1.82, 2.24) is 0 Å². The van der Waals surface area contributed by atoms with E-state index >= 15 is 0 Å². The molecule has 4 aromatic carbocycles. The average molecular weight is 360 g/mol. The molecule has 0 bridgehead atoms. The minimum absolute atomic E-state index is 0.0933. The van der Waals surface area contributed by atoms with E-state index in [1.165, 1.54) is 0 Å². The zero-order chi connectivity index (χ0) is 19.1. The highest BCUT2D eigenvalue weighted by Gasteiger charge is 2.20. The fourth-order valence-electron chi connectivity index (χ4n) is 3.68. The van der Waals surface area contributed by atoms with E-state index in [-0.39, 0.29) is 11.5 Å². The second kappa shape index (κ2) is 6.40. The van der Waals surface area contributed by atoms with Gasteiger partial charge in [-0.05, 0) is 24.6 Å². The Hall–Kier alpha value is -3.40. The maximum atomic E-state index is 11.0. The third-order valence-electron chi connectivity index (χ3n) is 5.01. The Morgan fingerprint density at radius 1 is 0.667 bits per heavy atom. The number of aryl methyl sites for hydroxylation is 1. The van der Waals surface area contributed by atoms with Crippen LogP contribution in [0.5, 0.6) is 23.0 Å². The Morgan fingerprint density at radius 2 is 1.22 bits per heavy atom. The normalized spacial score (nSPS) is 11.1. The molecule has 0 radical (unpaired) electrons. The van der Waals surface area contributed by atoms with Crippen LogP contribution in [0.25, 0.3) is 32.7 Å². The zero-order valence-corrected chi connectivity index (χ0v) is 15.4. The Bertz CT molecular complexity index is 1180. The molecule has 136 valence electrons. The predicted octanol–water partition coefficient (Wildman–Crippen LogP) is 5.40. The number of fused-ring (bicyclic) bond motifs is 2. The van der Waals surface area contributed by atoms with E-state index < -0.39 is 0 Å². The molecule has 0 unspecified atom stereocenters. The summed E-state index contributed by atoms with van der Waals surface area (Å²) in [6.45, 7) is 1.97. The van der Waals surface area contributed by atoms with E-state index in [1.54, 1.807) is 26.4 Å². The fraction of sp³-hybridized carbons (Fsp3) is 0.130. The van der Waals surface area contributed by atoms with Crippen molar-refractivity contribution < 1.29 is 19.7 Å². The summed E-state index contributed by atoms with van der Waals surface area (Å²) < 4.78 is 11.1. The number of hydrogen-bond acceptors (Lipinski definition) is 4. The molecule has 0 aromatic heterocycles. The highest BCUT2D eigenvalue weighted by molar-refractivity contribution is 6.05. The number of hydrogen-bond donors (Lipinski definition) is 2. The van der Waals surface area contributed by atoms with E-state index in [1.807, 2.05) is 49.4 Å². The van der Waals surface area contributed by atoms with E-state index in [9.17, 15) is 10.2 Å². The summed E-state index contributed by atoms with van der Waals surface area (Å²) in [6.07, 6.45) is 0. The molecule has 0 atom stereocenters. The average Bonchev–Trinajstić information content (AvgIpc) is 2.70. The molecule has 4 heteroatoms. The molecule has 0 amide bonds. The Balaban J connectivity index is 2.12. The number of benzene rings is 4. The lowest BCUT2D eigenvalue weighted by atomic mass is 9.94. The van der Waals surface area contributed by atoms with Crippen LogP contribution in [0.4, 0.5) is 0 Å². The third kappa shape index (κ3) is 2.53. The number of phenols is 2. The summed E-state index contributed by atoms with van der Waals surface area (Å²) in [5, 5.41) is 24.9. The van der Waals surface area contributed by atoms with Crippen LogP contribution in [-0.4, -0.2) is 24.4 Å². The molecule has 4 nitrogen and oxygen atoms in total. The van der Waals surface area contributed by atoms with Gasteiger partial charge in [0.25, 0.3) is 0 Å². The minimum atomic E-state index is 0.0933. The summed E-state index contributed by atoms with van der Waals surface area (Å²) >= 11 is 0. The van der Waals surface area contributed by atoms with Gasteiger partial charge in [0.15, 0.2) is 0 Å². The van der Waals surface area contributed by atoms with Crippen molar-refractivity contribution in [3.8, 4) is 34.1 Å². The molecular formula is C23H20O4. The summed E-state index contributed by atoms with van der Waals surface area (Å²) in [4.78, 5) is 0. The van der Waals surface area contributed by atoms with Crippen molar-refractivity contribution >= 4 is 21.5 Å². The molecule has 0 spiro atoms. The lowest BCUT2D eigenvalue weighted by Gasteiger charge is -2.17. The van der Waals surface area contributed by atoms with E-state index in [0.29, 0.717) is 33.4 Å². The van der Waals surface area contributed by atoms with Gasteiger partial charge in [-0.3, -0.25) is 0 Å². The van der Waals surface area contributed by atoms with Crippen LogP contribution in [0.1, 0.15) is 5.56 Å². The third-order valence-corrected chi connectivity index (χ3v) is 5.01. The van der Waals surface area contributed by atoms with Gasteiger partial charge in [-0.15, -0.1) is 0 Å². The number of phenolic OH excluding ortho intramolecular Hbond substituents is 2. The number of rotatable bonds is 3. The molecular weight excluding hydrogens is 340 g/mol. The smallest absolute Gasteiger partial charge is 0.131 e. The fourth-order valence-corrected chi connectivity index (χ4v) is 3.68. The first-order chi connectivity index (χ1) is 13.1. The summed E-state index contributed by atoms with van der Waals surface area (Å²) in [5.41, 5.74) is 1.99. The standard InChI is InChI=1S/C23H20O4/c1-13-7-6-10-16-21(13)20(27-3)12-18(23(16)25)17-11-19(26-2)14-8-4-5-9-15(14)22(17)24/h4-12,24-25H,1-3H3. The zero-order valence-electron chi connectivity index (χ0n) is 15.4. The Labute approximate surface area is 157 Å². The van der Waals surface area contributed by atoms with Crippen LogP contribution in [-0.2, 0) is 0 Å². The van der Waals surface area contributed by atoms with Gasteiger partial charge in [-0.25, -0.2) is 0 Å². The predicted molar refractivity (Wildman–Crippen MR) is 108 cm³/mol. The molecule has 0 heterocycles. The van der Waals surface area contributed by atoms with Gasteiger partial charge in [0.1, 0.15) is 23.0 Å². The number of ether oxygens (including phenoxy) is 2. The van der Waals surface area contributed by atoms with Crippen LogP contribution < -0.4 is 9.47 Å². The second-order valence-electron chi connectivity index (χ2n) is 6.49. The quantitative estimate of drug-likeness (QED) is 0.514. The molecule has 4 rings (SSSR count). The van der Waals surface area contributed by atoms with Crippen LogP contribution in [0.15, 0.2) is 54.6 Å². The van der Waals surface area contributed by atoms with Gasteiger partial charge in [0, 0.05) is 32.7 Å². The topological polar surface area (TPSA) is 58.9 Å². The van der Waals surface area contributed by atoms with Gasteiger partial charge in [0.05, 0.1) is 14.2 Å². The first-order valence-electron chi connectivity index (χ1n) is 8.65. The first kappa shape index (κ1) is 17.0. The maximum Gasteiger partial charge on any atom is 0.131 e. The van der Waals surface area contributed by atoms with Gasteiger partial charge in [-0.2, -0.15) is 0 Å². The Kier molecular flexibility index (Phi) is 4.04. The van der Waals surface area contributed by atoms with Crippen molar-refractivity contribution in [2.24, 2.45) is 0 Å². The Morgan fingerprint density at radius 3 is 1.89 bits per heavy atom. The number of methoxy groups -OCH3 is 2. The van der Waals surface area contributed by atoms with Crippen molar-refractivity contribution in [1.29, 1.82) is 0 Å². The highest BCUT2D eigenvalue weighted by atomic mass is 16.5. The van der Waals surface area contributed by atoms with Gasteiger partial charge in [0.2, 0.25) is 0 Å². The molecule has 0 aliphatic carbocycles. The SMILES string of the molecule is COc1cc(-c2cc(OC)c3c(C)cccc3c2O)c(O)c2ccccc12. The van der Waals surface area contributed by atoms with Gasteiger partial charge >= 0.3 is 0 Å². The summed E-state index contributed by atoms with van der Waals surface area (Å²) in [5.74, 6) is 1.46. The first-order valence-corrected chi connectivity index (χ1v) is 8.65. The number of aromatic hydroxyl groups is 2. The van der Waals surface area contributed by atoms with Gasteiger partial charge in [-0.1, -0.05) is 42.5 Å². The molecule has 0 saturated carbocycles. The summed E-state index contributed by atoms with van der Waals surface area (Å²) in [6, 6.07) is 16.7. The van der Waals surface area contributed by atoms with Crippen LogP contribution >= 0.6 is 0 Å². The molecule has 0 aliphatic heterocycles. The molecule has 0 saturated heterocycles. The van der Waals surface area contributed by atoms with Gasteiger partial charge < -0.3 is 19.7 Å². The second-order valence-corrected chi connectivity index (χ2v) is 6.49. The molecule has 4 aromatic rings. The van der Waals surface area contributed by atoms with Crippen molar-refractivity contribution in [3.05, 3.63) is 60.2 Å². The largest absolute Gasteiger partial charge is 0.507 e. The lowest BCUT2D eigenvalue weighted by molar-refractivity contribution is 0.417. The van der Waals surface area contributed by atoms with Crippen LogP contribution in [0.3, 0.4) is 0 Å². The lowest BCUT2D eigenvalue weighted by Crippen LogP contribution is -1.93. The van der Waals surface area contributed by atoms with Crippen molar-refractivity contribution in [3.63, 3.8) is 0 Å². The molecule has 27 heavy (non-hydrogen) atoms. The van der Waals surface area contributed by atoms with Crippen molar-refractivity contribution in [2.45, 2.75) is 6.92 Å².